The van der Waals surface area contributed by atoms with Gasteiger partial charge in [0.05, 0.1) is 18.2 Å². The van der Waals surface area contributed by atoms with Gasteiger partial charge in [0, 0.05) is 0 Å². The van der Waals surface area contributed by atoms with Crippen molar-refractivity contribution < 1.29 is 4.74 Å². The lowest BCUT2D eigenvalue weighted by molar-refractivity contribution is 0.198. The number of hydrogen-bond acceptors (Lipinski definition) is 2. The fraction of sp³-hybridized carbons (Fsp3) is 0.438. The highest BCUT2D eigenvalue weighted by Gasteiger charge is 2.18. The van der Waals surface area contributed by atoms with Gasteiger partial charge in [-0.2, -0.15) is 5.26 Å². The molecule has 0 saturated heterocycles. The van der Waals surface area contributed by atoms with Crippen molar-refractivity contribution in [1.29, 1.82) is 5.26 Å². The first kappa shape index (κ1) is 12.7. The first-order valence-electron chi connectivity index (χ1n) is 6.49. The predicted octanol–water partition coefficient (Wildman–Crippen LogP) is 3.85. The van der Waals surface area contributed by atoms with Gasteiger partial charge in [-0.3, -0.25) is 0 Å². The lowest BCUT2D eigenvalue weighted by atomic mass is 9.85. The van der Waals surface area contributed by atoms with Gasteiger partial charge in [-0.05, 0) is 55.4 Å². The molecule has 0 aliphatic heterocycles. The number of aryl methyl sites for hydroxylation is 1. The van der Waals surface area contributed by atoms with E-state index < -0.39 is 0 Å². The number of allylic oxidation sites excluding steroid dienone is 2. The van der Waals surface area contributed by atoms with Crippen molar-refractivity contribution in [2.45, 2.75) is 26.7 Å². The summed E-state index contributed by atoms with van der Waals surface area (Å²) in [5.41, 5.74) is 1.70. The highest BCUT2D eigenvalue weighted by Crippen LogP contribution is 2.26. The van der Waals surface area contributed by atoms with Crippen molar-refractivity contribution in [2.24, 2.45) is 11.8 Å². The Labute approximate surface area is 109 Å². The van der Waals surface area contributed by atoms with Gasteiger partial charge in [0.25, 0.3) is 0 Å². The third-order valence-corrected chi connectivity index (χ3v) is 3.70. The van der Waals surface area contributed by atoms with Crippen LogP contribution in [0.4, 0.5) is 0 Å². The Kier molecular flexibility index (Phi) is 4.04. The average Bonchev–Trinajstić information content (AvgIpc) is 2.38. The zero-order valence-corrected chi connectivity index (χ0v) is 11.0. The molecule has 0 fully saturated rings. The van der Waals surface area contributed by atoms with E-state index in [0.717, 1.165) is 36.3 Å². The Morgan fingerprint density at radius 2 is 2.11 bits per heavy atom. The van der Waals surface area contributed by atoms with E-state index in [2.05, 4.69) is 25.1 Å². The molecule has 1 aromatic rings. The summed E-state index contributed by atoms with van der Waals surface area (Å²) in [5, 5.41) is 8.88. The van der Waals surface area contributed by atoms with Crippen LogP contribution in [0.3, 0.4) is 0 Å². The van der Waals surface area contributed by atoms with Crippen molar-refractivity contribution in [3.05, 3.63) is 41.5 Å². The van der Waals surface area contributed by atoms with Gasteiger partial charge >= 0.3 is 0 Å². The van der Waals surface area contributed by atoms with E-state index in [1.807, 2.05) is 25.1 Å². The van der Waals surface area contributed by atoms with Crippen molar-refractivity contribution in [1.82, 2.24) is 0 Å². The molecule has 0 spiro atoms. The van der Waals surface area contributed by atoms with Gasteiger partial charge in [-0.25, -0.2) is 0 Å². The summed E-state index contributed by atoms with van der Waals surface area (Å²) in [6.07, 6.45) is 6.77. The number of nitrogens with zero attached hydrogens (tertiary/aromatic N) is 1. The largest absolute Gasteiger partial charge is 0.493 e. The lowest BCUT2D eigenvalue weighted by Gasteiger charge is -2.25. The second-order valence-electron chi connectivity index (χ2n) is 5.08. The van der Waals surface area contributed by atoms with Gasteiger partial charge in [0.15, 0.2) is 0 Å². The number of nitriles is 1. The summed E-state index contributed by atoms with van der Waals surface area (Å²) in [5.74, 6) is 2.16. The molecule has 0 amide bonds. The van der Waals surface area contributed by atoms with Crippen LogP contribution in [0.25, 0.3) is 0 Å². The fourth-order valence-corrected chi connectivity index (χ4v) is 2.29. The van der Waals surface area contributed by atoms with E-state index in [9.17, 15) is 0 Å². The van der Waals surface area contributed by atoms with Crippen molar-refractivity contribution in [3.63, 3.8) is 0 Å². The van der Waals surface area contributed by atoms with Crippen LogP contribution in [-0.2, 0) is 0 Å². The van der Waals surface area contributed by atoms with Gasteiger partial charge in [-0.1, -0.05) is 19.1 Å². The van der Waals surface area contributed by atoms with Gasteiger partial charge in [0.1, 0.15) is 5.75 Å². The lowest BCUT2D eigenvalue weighted by Crippen LogP contribution is -2.21. The molecule has 2 atom stereocenters. The van der Waals surface area contributed by atoms with E-state index in [1.54, 1.807) is 0 Å². The summed E-state index contributed by atoms with van der Waals surface area (Å²) in [6.45, 7) is 4.98. The molecule has 0 heterocycles. The maximum Gasteiger partial charge on any atom is 0.119 e. The molecule has 0 radical (unpaired) electrons. The van der Waals surface area contributed by atoms with Crippen molar-refractivity contribution in [2.75, 3.05) is 6.61 Å². The van der Waals surface area contributed by atoms with Crippen LogP contribution in [-0.4, -0.2) is 6.61 Å². The van der Waals surface area contributed by atoms with Crippen molar-refractivity contribution in [3.8, 4) is 11.8 Å². The Hall–Kier alpha value is -1.75. The minimum absolute atomic E-state index is 0.603. The van der Waals surface area contributed by atoms with Crippen LogP contribution in [0.15, 0.2) is 30.4 Å². The third kappa shape index (κ3) is 2.92. The summed E-state index contributed by atoms with van der Waals surface area (Å²) >= 11 is 0. The fourth-order valence-electron chi connectivity index (χ4n) is 2.29. The van der Waals surface area contributed by atoms with E-state index in [1.165, 1.54) is 0 Å². The molecular weight excluding hydrogens is 222 g/mol. The third-order valence-electron chi connectivity index (χ3n) is 3.70. The normalized spacial score (nSPS) is 22.5. The Morgan fingerprint density at radius 3 is 2.78 bits per heavy atom. The van der Waals surface area contributed by atoms with Crippen LogP contribution in [0, 0.1) is 30.1 Å². The number of hydrogen-bond donors (Lipinski definition) is 0. The minimum atomic E-state index is 0.603. The van der Waals surface area contributed by atoms with E-state index in [-0.39, 0.29) is 0 Å². The standard InChI is InChI=1S/C16H19NO/c1-12-5-3-4-6-15(12)11-18-16-8-7-14(10-17)13(2)9-16/h3-4,7-9,12,15H,5-6,11H2,1-2H3. The molecule has 2 nitrogen and oxygen atoms in total. The predicted molar refractivity (Wildman–Crippen MR) is 72.4 cm³/mol. The van der Waals surface area contributed by atoms with Crippen LogP contribution >= 0.6 is 0 Å². The summed E-state index contributed by atoms with van der Waals surface area (Å²) in [6, 6.07) is 7.83. The Balaban J connectivity index is 1.96. The molecule has 0 N–H and O–H groups in total. The van der Waals surface area contributed by atoms with Crippen molar-refractivity contribution >= 4 is 0 Å². The second kappa shape index (κ2) is 5.73. The monoisotopic (exact) mass is 241 g/mol. The topological polar surface area (TPSA) is 33.0 Å². The highest BCUT2D eigenvalue weighted by atomic mass is 16.5. The second-order valence-corrected chi connectivity index (χ2v) is 5.08. The van der Waals surface area contributed by atoms with Crippen LogP contribution in [0.1, 0.15) is 30.9 Å². The molecule has 94 valence electrons. The summed E-state index contributed by atoms with van der Waals surface area (Å²) < 4.78 is 5.85. The van der Waals surface area contributed by atoms with Gasteiger partial charge < -0.3 is 4.74 Å². The zero-order chi connectivity index (χ0) is 13.0. The molecule has 2 heteroatoms. The molecule has 0 bridgehead atoms. The van der Waals surface area contributed by atoms with Crippen LogP contribution in [0.5, 0.6) is 5.75 Å². The number of rotatable bonds is 3. The minimum Gasteiger partial charge on any atom is -0.493 e. The molecule has 0 saturated carbocycles. The Morgan fingerprint density at radius 1 is 1.33 bits per heavy atom. The molecule has 1 aliphatic carbocycles. The number of ether oxygens (including phenoxy) is 1. The SMILES string of the molecule is Cc1cc(OCC2CC=CCC2C)ccc1C#N. The summed E-state index contributed by atoms with van der Waals surface area (Å²) in [7, 11) is 0. The maximum absolute atomic E-state index is 8.88. The van der Waals surface area contributed by atoms with E-state index in [0.29, 0.717) is 11.8 Å². The van der Waals surface area contributed by atoms with Crippen LogP contribution in [0.2, 0.25) is 0 Å². The average molecular weight is 241 g/mol. The molecule has 1 aliphatic rings. The molecule has 18 heavy (non-hydrogen) atoms. The number of benzene rings is 1. The first-order valence-corrected chi connectivity index (χ1v) is 6.49. The summed E-state index contributed by atoms with van der Waals surface area (Å²) in [4.78, 5) is 0. The zero-order valence-electron chi connectivity index (χ0n) is 11.0. The van der Waals surface area contributed by atoms with E-state index in [4.69, 9.17) is 10.00 Å². The Bertz CT molecular complexity index is 484. The smallest absolute Gasteiger partial charge is 0.119 e. The van der Waals surface area contributed by atoms with Crippen LogP contribution < -0.4 is 4.74 Å². The van der Waals surface area contributed by atoms with Gasteiger partial charge in [-0.15, -0.1) is 0 Å². The quantitative estimate of drug-likeness (QED) is 0.753. The molecule has 2 unspecified atom stereocenters. The molecule has 1 aromatic carbocycles. The molecular formula is C16H19NO. The maximum atomic E-state index is 8.88. The van der Waals surface area contributed by atoms with E-state index >= 15 is 0 Å². The van der Waals surface area contributed by atoms with Gasteiger partial charge in [0.2, 0.25) is 0 Å². The first-order chi connectivity index (χ1) is 8.70. The molecule has 0 aromatic heterocycles. The highest BCUT2D eigenvalue weighted by molar-refractivity contribution is 5.41. The molecule has 2 rings (SSSR count).